The second-order valence-electron chi connectivity index (χ2n) is 5.00. The van der Waals surface area contributed by atoms with Gasteiger partial charge in [0.1, 0.15) is 5.82 Å². The van der Waals surface area contributed by atoms with Gasteiger partial charge in [-0.1, -0.05) is 37.3 Å². The van der Waals surface area contributed by atoms with Crippen molar-refractivity contribution in [3.8, 4) is 0 Å². The van der Waals surface area contributed by atoms with E-state index in [-0.39, 0.29) is 18.2 Å². The van der Waals surface area contributed by atoms with Crippen LogP contribution in [0.4, 0.5) is 5.82 Å². The van der Waals surface area contributed by atoms with E-state index in [1.807, 2.05) is 37.3 Å². The Hall–Kier alpha value is -2.63. The van der Waals surface area contributed by atoms with Gasteiger partial charge in [-0.2, -0.15) is 5.10 Å². The molecule has 0 aliphatic rings. The number of carbonyl (C=O) groups is 2. The first-order valence-electron chi connectivity index (χ1n) is 7.26. The molecule has 0 spiro atoms. The van der Waals surface area contributed by atoms with E-state index in [0.717, 1.165) is 12.0 Å². The van der Waals surface area contributed by atoms with Crippen LogP contribution >= 0.6 is 0 Å². The highest BCUT2D eigenvalue weighted by atomic mass is 16.2. The summed E-state index contributed by atoms with van der Waals surface area (Å²) in [5.74, 6) is 0.123. The highest BCUT2D eigenvalue weighted by molar-refractivity contribution is 5.95. The van der Waals surface area contributed by atoms with Crippen LogP contribution in [0, 0.1) is 0 Å². The molecule has 2 amide bonds. The maximum atomic E-state index is 12.0. The standard InChI is InChI=1S/C16H20N4O2/c1-3-9-17-16(22)13-11-14(20(2)19-13)18-15(21)10-12-7-5-4-6-8-12/h4-8,11H,3,9-10H2,1-2H3,(H,17,22)(H,18,21). The normalized spacial score (nSPS) is 10.3. The average molecular weight is 300 g/mol. The van der Waals surface area contributed by atoms with Gasteiger partial charge in [-0.25, -0.2) is 0 Å². The second kappa shape index (κ2) is 7.40. The molecule has 6 nitrogen and oxygen atoms in total. The number of nitrogens with zero attached hydrogens (tertiary/aromatic N) is 2. The van der Waals surface area contributed by atoms with Crippen LogP contribution in [0.5, 0.6) is 0 Å². The summed E-state index contributed by atoms with van der Waals surface area (Å²) >= 11 is 0. The van der Waals surface area contributed by atoms with Crippen molar-refractivity contribution in [2.45, 2.75) is 19.8 Å². The summed E-state index contributed by atoms with van der Waals surface area (Å²) in [6.07, 6.45) is 1.14. The first kappa shape index (κ1) is 15.8. The van der Waals surface area contributed by atoms with E-state index in [1.165, 1.54) is 4.68 Å². The molecule has 0 saturated carbocycles. The van der Waals surface area contributed by atoms with Gasteiger partial charge in [-0.05, 0) is 12.0 Å². The van der Waals surface area contributed by atoms with E-state index in [0.29, 0.717) is 18.1 Å². The lowest BCUT2D eigenvalue weighted by Crippen LogP contribution is -2.24. The molecule has 0 atom stereocenters. The van der Waals surface area contributed by atoms with E-state index in [9.17, 15) is 9.59 Å². The lowest BCUT2D eigenvalue weighted by molar-refractivity contribution is -0.115. The number of hydrogen-bond acceptors (Lipinski definition) is 3. The first-order chi connectivity index (χ1) is 10.6. The molecule has 1 aromatic carbocycles. The van der Waals surface area contributed by atoms with Crippen LogP contribution < -0.4 is 10.6 Å². The van der Waals surface area contributed by atoms with Crippen molar-refractivity contribution in [1.82, 2.24) is 15.1 Å². The number of aryl methyl sites for hydroxylation is 1. The SMILES string of the molecule is CCCNC(=O)c1cc(NC(=O)Cc2ccccc2)n(C)n1. The lowest BCUT2D eigenvalue weighted by Gasteiger charge is -2.04. The summed E-state index contributed by atoms with van der Waals surface area (Å²) in [5.41, 5.74) is 1.23. The summed E-state index contributed by atoms with van der Waals surface area (Å²) in [6, 6.07) is 11.1. The third-order valence-electron chi connectivity index (χ3n) is 3.12. The van der Waals surface area contributed by atoms with Crippen molar-refractivity contribution >= 4 is 17.6 Å². The molecule has 6 heteroatoms. The van der Waals surface area contributed by atoms with Crippen molar-refractivity contribution in [2.75, 3.05) is 11.9 Å². The molecular formula is C16H20N4O2. The molecule has 0 saturated heterocycles. The van der Waals surface area contributed by atoms with Gasteiger partial charge >= 0.3 is 0 Å². The zero-order valence-corrected chi connectivity index (χ0v) is 12.8. The second-order valence-corrected chi connectivity index (χ2v) is 5.00. The first-order valence-corrected chi connectivity index (χ1v) is 7.26. The molecule has 2 aromatic rings. The Morgan fingerprint density at radius 1 is 1.23 bits per heavy atom. The molecule has 0 aliphatic carbocycles. The van der Waals surface area contributed by atoms with Crippen molar-refractivity contribution in [3.05, 3.63) is 47.7 Å². The quantitative estimate of drug-likeness (QED) is 0.853. The highest BCUT2D eigenvalue weighted by Crippen LogP contribution is 2.10. The molecule has 0 radical (unpaired) electrons. The van der Waals surface area contributed by atoms with Gasteiger partial charge in [0.25, 0.3) is 5.91 Å². The Morgan fingerprint density at radius 3 is 2.64 bits per heavy atom. The van der Waals surface area contributed by atoms with Crippen molar-refractivity contribution in [2.24, 2.45) is 7.05 Å². The van der Waals surface area contributed by atoms with E-state index in [1.54, 1.807) is 13.1 Å². The zero-order valence-electron chi connectivity index (χ0n) is 12.8. The Kier molecular flexibility index (Phi) is 5.30. The fourth-order valence-electron chi connectivity index (χ4n) is 1.99. The smallest absolute Gasteiger partial charge is 0.271 e. The van der Waals surface area contributed by atoms with E-state index in [4.69, 9.17) is 0 Å². The number of rotatable bonds is 6. The number of hydrogen-bond donors (Lipinski definition) is 2. The van der Waals surface area contributed by atoms with E-state index in [2.05, 4.69) is 15.7 Å². The highest BCUT2D eigenvalue weighted by Gasteiger charge is 2.14. The number of nitrogens with one attached hydrogen (secondary N) is 2. The van der Waals surface area contributed by atoms with E-state index < -0.39 is 0 Å². The molecule has 2 N–H and O–H groups in total. The Morgan fingerprint density at radius 2 is 1.95 bits per heavy atom. The largest absolute Gasteiger partial charge is 0.351 e. The Balaban J connectivity index is 1.99. The molecule has 0 bridgehead atoms. The Labute approximate surface area is 129 Å². The topological polar surface area (TPSA) is 76.0 Å². The van der Waals surface area contributed by atoms with Gasteiger partial charge in [-0.15, -0.1) is 0 Å². The van der Waals surface area contributed by atoms with Crippen LogP contribution in [0.25, 0.3) is 0 Å². The van der Waals surface area contributed by atoms with E-state index >= 15 is 0 Å². The maximum absolute atomic E-state index is 12.0. The van der Waals surface area contributed by atoms with Crippen LogP contribution in [-0.2, 0) is 18.3 Å². The zero-order chi connectivity index (χ0) is 15.9. The van der Waals surface area contributed by atoms with Crippen LogP contribution in [-0.4, -0.2) is 28.1 Å². The fourth-order valence-corrected chi connectivity index (χ4v) is 1.99. The molecule has 116 valence electrons. The van der Waals surface area contributed by atoms with Crippen LogP contribution in [0.15, 0.2) is 36.4 Å². The van der Waals surface area contributed by atoms with Gasteiger partial charge in [0, 0.05) is 19.7 Å². The molecule has 0 unspecified atom stereocenters. The molecule has 0 aliphatic heterocycles. The summed E-state index contributed by atoms with van der Waals surface area (Å²) < 4.78 is 1.49. The predicted octanol–water partition coefficient (Wildman–Crippen LogP) is 1.74. The maximum Gasteiger partial charge on any atom is 0.271 e. The summed E-state index contributed by atoms with van der Waals surface area (Å²) in [7, 11) is 1.69. The summed E-state index contributed by atoms with van der Waals surface area (Å²) in [5, 5.41) is 9.64. The summed E-state index contributed by atoms with van der Waals surface area (Å²) in [6.45, 7) is 2.58. The number of amides is 2. The number of anilines is 1. The molecule has 1 heterocycles. The predicted molar refractivity (Wildman–Crippen MR) is 84.6 cm³/mol. The van der Waals surface area contributed by atoms with Gasteiger partial charge in [0.2, 0.25) is 5.91 Å². The van der Waals surface area contributed by atoms with Gasteiger partial charge < -0.3 is 10.6 Å². The van der Waals surface area contributed by atoms with Gasteiger partial charge in [0.15, 0.2) is 5.69 Å². The molecule has 1 aromatic heterocycles. The minimum Gasteiger partial charge on any atom is -0.351 e. The van der Waals surface area contributed by atoms with Gasteiger partial charge in [-0.3, -0.25) is 14.3 Å². The van der Waals surface area contributed by atoms with Crippen LogP contribution in [0.3, 0.4) is 0 Å². The number of aromatic nitrogens is 2. The van der Waals surface area contributed by atoms with Crippen LogP contribution in [0.2, 0.25) is 0 Å². The molecule has 0 fully saturated rings. The van der Waals surface area contributed by atoms with Crippen molar-refractivity contribution in [1.29, 1.82) is 0 Å². The molecule has 2 rings (SSSR count). The molecular weight excluding hydrogens is 280 g/mol. The monoisotopic (exact) mass is 300 g/mol. The minimum atomic E-state index is -0.235. The van der Waals surface area contributed by atoms with Crippen molar-refractivity contribution < 1.29 is 9.59 Å². The van der Waals surface area contributed by atoms with Crippen molar-refractivity contribution in [3.63, 3.8) is 0 Å². The molecule has 22 heavy (non-hydrogen) atoms. The number of carbonyl (C=O) groups excluding carboxylic acids is 2. The Bertz CT molecular complexity index is 649. The third-order valence-corrected chi connectivity index (χ3v) is 3.12. The fraction of sp³-hybridized carbons (Fsp3) is 0.312. The van der Waals surface area contributed by atoms with Gasteiger partial charge in [0.05, 0.1) is 6.42 Å². The third kappa shape index (κ3) is 4.18. The lowest BCUT2D eigenvalue weighted by atomic mass is 10.1. The summed E-state index contributed by atoms with van der Waals surface area (Å²) in [4.78, 5) is 23.9. The van der Waals surface area contributed by atoms with Crippen LogP contribution in [0.1, 0.15) is 29.4 Å². The minimum absolute atomic E-state index is 0.144. The number of benzene rings is 1. The average Bonchev–Trinajstić information content (AvgIpc) is 2.87.